The Morgan fingerprint density at radius 3 is 1.93 bits per heavy atom. The van der Waals surface area contributed by atoms with Crippen molar-refractivity contribution in [3.05, 3.63) is 11.1 Å². The molecule has 0 atom stereocenters. The molecule has 0 bridgehead atoms. The van der Waals surface area contributed by atoms with E-state index in [1.807, 2.05) is 13.8 Å². The molecule has 0 radical (unpaired) electrons. The van der Waals surface area contributed by atoms with Gasteiger partial charge in [0.15, 0.2) is 0 Å². The summed E-state index contributed by atoms with van der Waals surface area (Å²) in [4.78, 5) is 0. The highest BCUT2D eigenvalue weighted by Crippen LogP contribution is 2.26. The highest BCUT2D eigenvalue weighted by Gasteiger charge is 2.15. The first-order valence-electron chi connectivity index (χ1n) is 6.55. The third kappa shape index (κ3) is 4.83. The molecule has 15 heavy (non-hydrogen) atoms. The predicted molar refractivity (Wildman–Crippen MR) is 70.2 cm³/mol. The van der Waals surface area contributed by atoms with Crippen LogP contribution in [0.3, 0.4) is 0 Å². The average Bonchev–Trinajstić information content (AvgIpc) is 2.45. The Labute approximate surface area is 96.3 Å². The van der Waals surface area contributed by atoms with Crippen LogP contribution in [0.15, 0.2) is 11.1 Å². The van der Waals surface area contributed by atoms with Crippen LogP contribution in [-0.2, 0) is 0 Å². The molecule has 0 amide bonds. The zero-order valence-corrected chi connectivity index (χ0v) is 11.5. The highest BCUT2D eigenvalue weighted by atomic mass is 14.9. The largest absolute Gasteiger partial charge is 0.313 e. The molecule has 0 spiro atoms. The van der Waals surface area contributed by atoms with Crippen molar-refractivity contribution < 1.29 is 0 Å². The van der Waals surface area contributed by atoms with Crippen LogP contribution in [0.5, 0.6) is 0 Å². The maximum Gasteiger partial charge on any atom is 0.0169 e. The summed E-state index contributed by atoms with van der Waals surface area (Å²) in [6.45, 7) is 15.6. The molecule has 0 aliphatic carbocycles. The molecule has 1 nitrogen and oxygen atoms in total. The quantitative estimate of drug-likeness (QED) is 0.681. The lowest BCUT2D eigenvalue weighted by Crippen LogP contribution is -2.19. The van der Waals surface area contributed by atoms with E-state index < -0.39 is 0 Å². The second-order valence-electron chi connectivity index (χ2n) is 4.64. The molecule has 0 saturated heterocycles. The van der Waals surface area contributed by atoms with Crippen LogP contribution in [0.4, 0.5) is 0 Å². The summed E-state index contributed by atoms with van der Waals surface area (Å²) >= 11 is 0. The normalized spacial score (nSPS) is 17.6. The minimum Gasteiger partial charge on any atom is -0.313 e. The molecule has 0 aromatic carbocycles. The Kier molecular flexibility index (Phi) is 7.76. The van der Waals surface area contributed by atoms with Crippen LogP contribution in [0.2, 0.25) is 0 Å². The van der Waals surface area contributed by atoms with Crippen molar-refractivity contribution in [2.75, 3.05) is 13.1 Å². The van der Waals surface area contributed by atoms with E-state index in [0.717, 1.165) is 12.5 Å². The summed E-state index contributed by atoms with van der Waals surface area (Å²) in [5.74, 6) is 1.44. The van der Waals surface area contributed by atoms with Crippen molar-refractivity contribution in [1.82, 2.24) is 5.32 Å². The number of hydrogen-bond donors (Lipinski definition) is 1. The Hall–Kier alpha value is -0.300. The summed E-state index contributed by atoms with van der Waals surface area (Å²) in [7, 11) is 0. The van der Waals surface area contributed by atoms with Crippen molar-refractivity contribution in [3.63, 3.8) is 0 Å². The summed E-state index contributed by atoms with van der Waals surface area (Å²) in [6.07, 6.45) is 2.61. The Morgan fingerprint density at radius 2 is 1.47 bits per heavy atom. The maximum atomic E-state index is 3.51. The van der Waals surface area contributed by atoms with Gasteiger partial charge in [-0.2, -0.15) is 0 Å². The Morgan fingerprint density at radius 1 is 0.933 bits per heavy atom. The average molecular weight is 211 g/mol. The van der Waals surface area contributed by atoms with E-state index in [1.54, 1.807) is 11.1 Å². The topological polar surface area (TPSA) is 12.0 Å². The molecule has 1 aliphatic rings. The van der Waals surface area contributed by atoms with E-state index in [2.05, 4.69) is 33.0 Å². The molecule has 0 fully saturated rings. The fraction of sp³-hybridized carbons (Fsp3) is 0.857. The highest BCUT2D eigenvalue weighted by molar-refractivity contribution is 5.20. The lowest BCUT2D eigenvalue weighted by molar-refractivity contribution is 0.652. The Bertz CT molecular complexity index is 170. The molecule has 1 N–H and O–H groups in total. The van der Waals surface area contributed by atoms with Crippen LogP contribution < -0.4 is 5.32 Å². The molecular formula is C14H29N. The fourth-order valence-corrected chi connectivity index (χ4v) is 2.14. The minimum atomic E-state index is 0.711. The van der Waals surface area contributed by atoms with Crippen LogP contribution in [0.25, 0.3) is 0 Å². The number of rotatable bonds is 2. The summed E-state index contributed by atoms with van der Waals surface area (Å²) in [6, 6.07) is 0. The van der Waals surface area contributed by atoms with Gasteiger partial charge in [-0.1, -0.05) is 52.7 Å². The van der Waals surface area contributed by atoms with E-state index in [1.165, 1.54) is 19.4 Å². The zero-order chi connectivity index (χ0) is 11.8. The first-order chi connectivity index (χ1) is 7.13. The number of allylic oxidation sites excluding steroid dienone is 1. The van der Waals surface area contributed by atoms with Crippen molar-refractivity contribution in [3.8, 4) is 0 Å². The molecule has 90 valence electrons. The number of nitrogens with one attached hydrogen (secondary N) is 1. The molecule has 0 saturated carbocycles. The van der Waals surface area contributed by atoms with Crippen LogP contribution in [-0.4, -0.2) is 13.1 Å². The van der Waals surface area contributed by atoms with Crippen molar-refractivity contribution >= 4 is 0 Å². The summed E-state index contributed by atoms with van der Waals surface area (Å²) < 4.78 is 0. The van der Waals surface area contributed by atoms with Crippen molar-refractivity contribution in [2.24, 2.45) is 11.8 Å². The first-order valence-corrected chi connectivity index (χ1v) is 6.55. The molecular weight excluding hydrogens is 182 g/mol. The van der Waals surface area contributed by atoms with Crippen molar-refractivity contribution in [1.29, 1.82) is 0 Å². The second-order valence-corrected chi connectivity index (χ2v) is 4.64. The lowest BCUT2D eigenvalue weighted by Gasteiger charge is -2.18. The lowest BCUT2D eigenvalue weighted by atomic mass is 9.88. The third-order valence-corrected chi connectivity index (χ3v) is 2.92. The smallest absolute Gasteiger partial charge is 0.0169 e. The van der Waals surface area contributed by atoms with Gasteiger partial charge >= 0.3 is 0 Å². The zero-order valence-electron chi connectivity index (χ0n) is 11.5. The van der Waals surface area contributed by atoms with E-state index in [9.17, 15) is 0 Å². The van der Waals surface area contributed by atoms with Gasteiger partial charge in [-0.25, -0.2) is 0 Å². The van der Waals surface area contributed by atoms with Gasteiger partial charge in [0, 0.05) is 6.54 Å². The van der Waals surface area contributed by atoms with Gasteiger partial charge in [0.1, 0.15) is 0 Å². The molecule has 0 aromatic rings. The second kappa shape index (κ2) is 7.92. The molecule has 0 aromatic heterocycles. The molecule has 1 heterocycles. The molecule has 1 rings (SSSR count). The van der Waals surface area contributed by atoms with Gasteiger partial charge in [0.2, 0.25) is 0 Å². The van der Waals surface area contributed by atoms with E-state index in [4.69, 9.17) is 0 Å². The fourth-order valence-electron chi connectivity index (χ4n) is 2.14. The first kappa shape index (κ1) is 14.7. The van der Waals surface area contributed by atoms with E-state index >= 15 is 0 Å². The number of hydrogen-bond acceptors (Lipinski definition) is 1. The molecule has 1 heteroatoms. The van der Waals surface area contributed by atoms with Gasteiger partial charge in [-0.05, 0) is 31.2 Å². The minimum absolute atomic E-state index is 0.711. The predicted octanol–water partition coefficient (Wildman–Crippen LogP) is 4.00. The molecule has 1 aliphatic heterocycles. The van der Waals surface area contributed by atoms with E-state index in [-0.39, 0.29) is 0 Å². The van der Waals surface area contributed by atoms with Gasteiger partial charge in [0.05, 0.1) is 0 Å². The summed E-state index contributed by atoms with van der Waals surface area (Å²) in [5, 5.41) is 3.51. The maximum absolute atomic E-state index is 3.51. The van der Waals surface area contributed by atoms with Gasteiger partial charge in [-0.3, -0.25) is 0 Å². The Balaban J connectivity index is 0.000000921. The third-order valence-electron chi connectivity index (χ3n) is 2.92. The molecule has 0 unspecified atom stereocenters. The van der Waals surface area contributed by atoms with Gasteiger partial charge in [0.25, 0.3) is 0 Å². The SMILES string of the molecule is CC.CC(C)C1=C(C(C)C)CNCCC1. The monoisotopic (exact) mass is 211 g/mol. The standard InChI is InChI=1S/C12H23N.C2H6/c1-9(2)11-6-5-7-13-8-12(11)10(3)4;1-2/h9-10,13H,5-8H2,1-4H3;1-2H3. The van der Waals surface area contributed by atoms with Crippen LogP contribution in [0, 0.1) is 11.8 Å². The van der Waals surface area contributed by atoms with Crippen LogP contribution >= 0.6 is 0 Å². The van der Waals surface area contributed by atoms with E-state index in [0.29, 0.717) is 5.92 Å². The van der Waals surface area contributed by atoms with Gasteiger partial charge in [-0.15, -0.1) is 0 Å². The van der Waals surface area contributed by atoms with Crippen LogP contribution in [0.1, 0.15) is 54.4 Å². The van der Waals surface area contributed by atoms with Crippen molar-refractivity contribution in [2.45, 2.75) is 54.4 Å². The summed E-state index contributed by atoms with van der Waals surface area (Å²) in [5.41, 5.74) is 3.37. The van der Waals surface area contributed by atoms with Gasteiger partial charge < -0.3 is 5.32 Å².